The lowest BCUT2D eigenvalue weighted by atomic mass is 10.2. The number of carbonyl (C=O) groups is 1. The van der Waals surface area contributed by atoms with Gasteiger partial charge in [0.1, 0.15) is 5.75 Å². The fourth-order valence-electron chi connectivity index (χ4n) is 1.51. The molecule has 1 unspecified atom stereocenters. The molecule has 1 atom stereocenters. The van der Waals surface area contributed by atoms with E-state index in [4.69, 9.17) is 4.74 Å². The monoisotopic (exact) mass is 248 g/mol. The van der Waals surface area contributed by atoms with Crippen LogP contribution in [0.2, 0.25) is 0 Å². The van der Waals surface area contributed by atoms with Gasteiger partial charge in [-0.2, -0.15) is 0 Å². The van der Waals surface area contributed by atoms with E-state index in [1.165, 1.54) is 0 Å². The lowest BCUT2D eigenvalue weighted by Gasteiger charge is -2.14. The van der Waals surface area contributed by atoms with Crippen molar-refractivity contribution in [3.8, 4) is 5.75 Å². The van der Waals surface area contributed by atoms with Crippen LogP contribution in [0.25, 0.3) is 0 Å². The minimum atomic E-state index is -0.519. The van der Waals surface area contributed by atoms with Gasteiger partial charge in [0, 0.05) is 13.1 Å². The number of amides is 1. The molecule has 0 aromatic heterocycles. The molecule has 0 fully saturated rings. The Balaban J connectivity index is 2.57. The Hall–Kier alpha value is -1.81. The second-order valence-electron chi connectivity index (χ2n) is 3.97. The topological polar surface area (TPSA) is 50.4 Å². The quantitative estimate of drug-likeness (QED) is 0.719. The van der Waals surface area contributed by atoms with Crippen LogP contribution in [0.5, 0.6) is 5.75 Å². The Morgan fingerprint density at radius 2 is 2.33 bits per heavy atom. The van der Waals surface area contributed by atoms with Crippen LogP contribution >= 0.6 is 0 Å². The Labute approximate surface area is 108 Å². The number of ether oxygens (including phenoxy) is 1. The average molecular weight is 248 g/mol. The molecule has 1 aromatic carbocycles. The number of hydrogen-bond donors (Lipinski definition) is 2. The number of carbonyl (C=O) groups excluding carboxylic acids is 1. The van der Waals surface area contributed by atoms with Gasteiger partial charge in [0.15, 0.2) is 6.10 Å². The minimum absolute atomic E-state index is 0.145. The number of hydrogen-bond acceptors (Lipinski definition) is 3. The van der Waals surface area contributed by atoms with E-state index >= 15 is 0 Å². The predicted molar refractivity (Wildman–Crippen MR) is 72.5 cm³/mol. The van der Waals surface area contributed by atoms with Crippen molar-refractivity contribution < 1.29 is 9.53 Å². The van der Waals surface area contributed by atoms with Gasteiger partial charge in [0.25, 0.3) is 5.91 Å². The summed E-state index contributed by atoms with van der Waals surface area (Å²) < 4.78 is 5.59. The van der Waals surface area contributed by atoms with E-state index in [1.807, 2.05) is 31.3 Å². The zero-order valence-corrected chi connectivity index (χ0v) is 10.9. The van der Waals surface area contributed by atoms with Crippen molar-refractivity contribution in [3.05, 3.63) is 42.5 Å². The van der Waals surface area contributed by atoms with Gasteiger partial charge in [-0.3, -0.25) is 4.79 Å². The average Bonchev–Trinajstić information content (AvgIpc) is 2.36. The second-order valence-corrected chi connectivity index (χ2v) is 3.97. The van der Waals surface area contributed by atoms with Gasteiger partial charge < -0.3 is 15.4 Å². The highest BCUT2D eigenvalue weighted by atomic mass is 16.5. The molecular formula is C14H20N2O2. The zero-order valence-electron chi connectivity index (χ0n) is 10.9. The summed E-state index contributed by atoms with van der Waals surface area (Å²) in [4.78, 5) is 11.6. The van der Waals surface area contributed by atoms with Crippen molar-refractivity contribution in [2.24, 2.45) is 0 Å². The third-order valence-corrected chi connectivity index (χ3v) is 2.38. The predicted octanol–water partition coefficient (Wildman–Crippen LogP) is 1.48. The van der Waals surface area contributed by atoms with E-state index < -0.39 is 6.10 Å². The van der Waals surface area contributed by atoms with Crippen LogP contribution in [0.1, 0.15) is 12.5 Å². The normalized spacial score (nSPS) is 11.7. The van der Waals surface area contributed by atoms with Crippen LogP contribution < -0.4 is 15.4 Å². The molecular weight excluding hydrogens is 228 g/mol. The van der Waals surface area contributed by atoms with Crippen molar-refractivity contribution >= 4 is 5.91 Å². The van der Waals surface area contributed by atoms with Crippen molar-refractivity contribution in [3.63, 3.8) is 0 Å². The Morgan fingerprint density at radius 3 is 3.00 bits per heavy atom. The van der Waals surface area contributed by atoms with E-state index in [2.05, 4.69) is 17.2 Å². The van der Waals surface area contributed by atoms with Crippen molar-refractivity contribution in [1.82, 2.24) is 10.6 Å². The Kier molecular flexibility index (Phi) is 5.94. The third-order valence-electron chi connectivity index (χ3n) is 2.38. The smallest absolute Gasteiger partial charge is 0.261 e. The zero-order chi connectivity index (χ0) is 13.4. The molecule has 0 heterocycles. The molecule has 0 aliphatic carbocycles. The maximum absolute atomic E-state index is 11.6. The van der Waals surface area contributed by atoms with Crippen molar-refractivity contribution in [1.29, 1.82) is 0 Å². The first kappa shape index (κ1) is 14.3. The Bertz CT molecular complexity index is 405. The molecule has 4 heteroatoms. The maximum Gasteiger partial charge on any atom is 0.261 e. The summed E-state index contributed by atoms with van der Waals surface area (Å²) in [5, 5.41) is 5.77. The summed E-state index contributed by atoms with van der Waals surface area (Å²) in [5.74, 6) is 0.554. The molecule has 98 valence electrons. The molecule has 18 heavy (non-hydrogen) atoms. The first-order chi connectivity index (χ1) is 8.67. The van der Waals surface area contributed by atoms with Crippen LogP contribution in [-0.2, 0) is 11.3 Å². The first-order valence-corrected chi connectivity index (χ1v) is 5.96. The second kappa shape index (κ2) is 7.50. The van der Waals surface area contributed by atoms with Crippen molar-refractivity contribution in [2.45, 2.75) is 19.6 Å². The van der Waals surface area contributed by atoms with Crippen molar-refractivity contribution in [2.75, 3.05) is 13.6 Å². The molecule has 2 N–H and O–H groups in total. The van der Waals surface area contributed by atoms with E-state index in [9.17, 15) is 4.79 Å². The van der Waals surface area contributed by atoms with Gasteiger partial charge in [0.05, 0.1) is 0 Å². The van der Waals surface area contributed by atoms with Crippen LogP contribution in [-0.4, -0.2) is 25.6 Å². The lowest BCUT2D eigenvalue weighted by molar-refractivity contribution is -0.127. The van der Waals surface area contributed by atoms with Gasteiger partial charge in [0.2, 0.25) is 0 Å². The van der Waals surface area contributed by atoms with Crippen LogP contribution in [0.4, 0.5) is 0 Å². The molecule has 1 aromatic rings. The largest absolute Gasteiger partial charge is 0.481 e. The molecule has 0 saturated carbocycles. The van der Waals surface area contributed by atoms with E-state index in [0.29, 0.717) is 12.3 Å². The van der Waals surface area contributed by atoms with E-state index in [-0.39, 0.29) is 5.91 Å². The van der Waals surface area contributed by atoms with Gasteiger partial charge in [-0.15, -0.1) is 6.58 Å². The third kappa shape index (κ3) is 4.59. The van der Waals surface area contributed by atoms with E-state index in [1.54, 1.807) is 13.0 Å². The standard InChI is InChI=1S/C14H20N2O2/c1-4-8-16-14(17)11(2)18-13-7-5-6-12(9-13)10-15-3/h4-7,9,11,15H,1,8,10H2,2-3H3,(H,16,17). The highest BCUT2D eigenvalue weighted by Gasteiger charge is 2.13. The summed E-state index contributed by atoms with van der Waals surface area (Å²) >= 11 is 0. The molecule has 0 aliphatic rings. The molecule has 1 rings (SSSR count). The summed E-state index contributed by atoms with van der Waals surface area (Å²) in [6, 6.07) is 7.69. The Morgan fingerprint density at radius 1 is 1.56 bits per heavy atom. The molecule has 0 saturated heterocycles. The molecule has 0 aliphatic heterocycles. The van der Waals surface area contributed by atoms with Gasteiger partial charge >= 0.3 is 0 Å². The summed E-state index contributed by atoms with van der Waals surface area (Å²) in [6.45, 7) is 6.49. The summed E-state index contributed by atoms with van der Waals surface area (Å²) in [5.41, 5.74) is 1.12. The van der Waals surface area contributed by atoms with Crippen LogP contribution in [0, 0.1) is 0 Å². The lowest BCUT2D eigenvalue weighted by Crippen LogP contribution is -2.36. The van der Waals surface area contributed by atoms with Gasteiger partial charge in [-0.1, -0.05) is 18.2 Å². The molecule has 1 amide bonds. The molecule has 0 bridgehead atoms. The SMILES string of the molecule is C=CCNC(=O)C(C)Oc1cccc(CNC)c1. The van der Waals surface area contributed by atoms with E-state index in [0.717, 1.165) is 12.1 Å². The highest BCUT2D eigenvalue weighted by molar-refractivity contribution is 5.80. The highest BCUT2D eigenvalue weighted by Crippen LogP contribution is 2.14. The molecule has 0 spiro atoms. The first-order valence-electron chi connectivity index (χ1n) is 5.96. The number of rotatable bonds is 7. The fraction of sp³-hybridized carbons (Fsp3) is 0.357. The molecule has 4 nitrogen and oxygen atoms in total. The van der Waals surface area contributed by atoms with Crippen LogP contribution in [0.3, 0.4) is 0 Å². The number of benzene rings is 1. The minimum Gasteiger partial charge on any atom is -0.481 e. The summed E-state index contributed by atoms with van der Waals surface area (Å²) in [6.07, 6.45) is 1.12. The van der Waals surface area contributed by atoms with Gasteiger partial charge in [-0.25, -0.2) is 0 Å². The van der Waals surface area contributed by atoms with Crippen LogP contribution in [0.15, 0.2) is 36.9 Å². The van der Waals surface area contributed by atoms with Gasteiger partial charge in [-0.05, 0) is 31.7 Å². The number of nitrogens with one attached hydrogen (secondary N) is 2. The summed E-state index contributed by atoms with van der Waals surface area (Å²) in [7, 11) is 1.89. The fourth-order valence-corrected chi connectivity index (χ4v) is 1.51. The molecule has 0 radical (unpaired) electrons. The maximum atomic E-state index is 11.6.